The summed E-state index contributed by atoms with van der Waals surface area (Å²) < 4.78 is 4.56. The van der Waals surface area contributed by atoms with Crippen molar-refractivity contribution in [3.05, 3.63) is 23.3 Å². The van der Waals surface area contributed by atoms with Crippen LogP contribution in [0.15, 0.2) is 23.3 Å². The van der Waals surface area contributed by atoms with Crippen LogP contribution in [0.2, 0.25) is 0 Å². The van der Waals surface area contributed by atoms with Crippen LogP contribution in [0.4, 0.5) is 0 Å². The molecule has 0 aromatic heterocycles. The first-order valence-corrected chi connectivity index (χ1v) is 7.43. The largest absolute Gasteiger partial charge is 0.468 e. The lowest BCUT2D eigenvalue weighted by molar-refractivity contribution is -0.148. The van der Waals surface area contributed by atoms with Crippen molar-refractivity contribution in [2.45, 2.75) is 46.5 Å². The van der Waals surface area contributed by atoms with Crippen molar-refractivity contribution in [1.29, 1.82) is 0 Å². The van der Waals surface area contributed by atoms with Crippen molar-refractivity contribution in [3.63, 3.8) is 0 Å². The number of hydrogen-bond donors (Lipinski definition) is 0. The summed E-state index contributed by atoms with van der Waals surface area (Å²) in [4.78, 5) is 23.0. The molecule has 0 aliphatic rings. The van der Waals surface area contributed by atoms with Gasteiger partial charge < -0.3 is 4.74 Å². The Bertz CT molecular complexity index is 383. The third-order valence-corrected chi connectivity index (χ3v) is 3.41. The van der Waals surface area contributed by atoms with E-state index in [4.69, 9.17) is 11.6 Å². The maximum atomic E-state index is 11.8. The van der Waals surface area contributed by atoms with Gasteiger partial charge in [-0.05, 0) is 40.0 Å². The Morgan fingerprint density at radius 3 is 2.25 bits per heavy atom. The molecule has 0 heterocycles. The molecular weight excluding hydrogens is 276 g/mol. The molecule has 1 unspecified atom stereocenters. The molecule has 20 heavy (non-hydrogen) atoms. The fourth-order valence-corrected chi connectivity index (χ4v) is 1.99. The van der Waals surface area contributed by atoms with Gasteiger partial charge in [-0.2, -0.15) is 0 Å². The number of esters is 1. The maximum absolute atomic E-state index is 11.8. The van der Waals surface area contributed by atoms with Crippen LogP contribution in [0.25, 0.3) is 0 Å². The Labute approximate surface area is 127 Å². The molecule has 0 aliphatic heterocycles. The van der Waals surface area contributed by atoms with E-state index in [2.05, 4.69) is 17.7 Å². The lowest BCUT2D eigenvalue weighted by atomic mass is 9.99. The average molecular weight is 301 g/mol. The number of rotatable bonds is 9. The molecule has 0 saturated heterocycles. The molecule has 0 saturated carbocycles. The highest BCUT2D eigenvalue weighted by Crippen LogP contribution is 2.13. The smallest absolute Gasteiger partial charge is 0.315 e. The van der Waals surface area contributed by atoms with E-state index in [1.165, 1.54) is 18.3 Å². The van der Waals surface area contributed by atoms with Gasteiger partial charge in [-0.3, -0.25) is 9.59 Å². The molecule has 0 bridgehead atoms. The molecule has 0 radical (unpaired) electrons. The Morgan fingerprint density at radius 1 is 1.10 bits per heavy atom. The van der Waals surface area contributed by atoms with Crippen molar-refractivity contribution < 1.29 is 14.3 Å². The lowest BCUT2D eigenvalue weighted by Gasteiger charge is -2.08. The molecule has 0 spiro atoms. The van der Waals surface area contributed by atoms with E-state index in [0.717, 1.165) is 12.8 Å². The van der Waals surface area contributed by atoms with Gasteiger partial charge in [0.05, 0.1) is 7.11 Å². The number of allylic oxidation sites excluding steroid dienone is 4. The van der Waals surface area contributed by atoms with E-state index < -0.39 is 11.9 Å². The SMILES string of the molecule is COC(=O)C(C)C(=O)CC/C(C)=C/CC/C(C)=C/CCl. The van der Waals surface area contributed by atoms with E-state index >= 15 is 0 Å². The first-order chi connectivity index (χ1) is 9.42. The predicted molar refractivity (Wildman–Crippen MR) is 82.9 cm³/mol. The summed E-state index contributed by atoms with van der Waals surface area (Å²) in [6.07, 6.45) is 7.16. The fraction of sp³-hybridized carbons (Fsp3) is 0.625. The molecule has 0 amide bonds. The van der Waals surface area contributed by atoms with E-state index in [1.807, 2.05) is 13.0 Å². The van der Waals surface area contributed by atoms with Crippen LogP contribution in [0.3, 0.4) is 0 Å². The summed E-state index contributed by atoms with van der Waals surface area (Å²) in [5.74, 6) is -0.642. The van der Waals surface area contributed by atoms with Gasteiger partial charge in [0.15, 0.2) is 0 Å². The van der Waals surface area contributed by atoms with Crippen molar-refractivity contribution in [2.24, 2.45) is 5.92 Å². The number of carbonyl (C=O) groups excluding carboxylic acids is 2. The van der Waals surface area contributed by atoms with Gasteiger partial charge in [-0.15, -0.1) is 11.6 Å². The van der Waals surface area contributed by atoms with Crippen LogP contribution in [-0.2, 0) is 14.3 Å². The number of ketones is 1. The molecule has 4 heteroatoms. The van der Waals surface area contributed by atoms with Gasteiger partial charge in [0.25, 0.3) is 0 Å². The summed E-state index contributed by atoms with van der Waals surface area (Å²) >= 11 is 5.62. The highest BCUT2D eigenvalue weighted by molar-refractivity contribution is 6.18. The van der Waals surface area contributed by atoms with E-state index in [9.17, 15) is 9.59 Å². The molecule has 1 atom stereocenters. The molecule has 0 aliphatic carbocycles. The van der Waals surface area contributed by atoms with Crippen molar-refractivity contribution in [2.75, 3.05) is 13.0 Å². The Morgan fingerprint density at radius 2 is 1.70 bits per heavy atom. The normalized spacial score (nSPS) is 14.1. The number of carbonyl (C=O) groups is 2. The Hall–Kier alpha value is -1.09. The fourth-order valence-electron chi connectivity index (χ4n) is 1.73. The molecule has 0 rings (SSSR count). The van der Waals surface area contributed by atoms with Crippen molar-refractivity contribution in [3.8, 4) is 0 Å². The standard InChI is InChI=1S/C16H25ClO3/c1-12(6-5-7-13(2)10-11-17)8-9-15(18)14(3)16(19)20-4/h6,10,14H,5,7-9,11H2,1-4H3/b12-6+,13-10+. The van der Waals surface area contributed by atoms with Gasteiger partial charge in [0.1, 0.15) is 11.7 Å². The molecule has 0 aromatic carbocycles. The van der Waals surface area contributed by atoms with Crippen LogP contribution < -0.4 is 0 Å². The zero-order valence-corrected chi connectivity index (χ0v) is 13.6. The second-order valence-corrected chi connectivity index (χ2v) is 5.31. The predicted octanol–water partition coefficient (Wildman–Crippen LogP) is 4.06. The Kier molecular flexibility index (Phi) is 10.1. The Balaban J connectivity index is 4.09. The molecule has 0 fully saturated rings. The van der Waals surface area contributed by atoms with Crippen LogP contribution in [0.1, 0.15) is 46.5 Å². The van der Waals surface area contributed by atoms with Crippen LogP contribution in [0.5, 0.6) is 0 Å². The van der Waals surface area contributed by atoms with E-state index in [-0.39, 0.29) is 5.78 Å². The van der Waals surface area contributed by atoms with E-state index in [1.54, 1.807) is 6.92 Å². The average Bonchev–Trinajstić information content (AvgIpc) is 2.43. The number of hydrogen-bond acceptors (Lipinski definition) is 3. The summed E-state index contributed by atoms with van der Waals surface area (Å²) in [6.45, 7) is 5.66. The zero-order chi connectivity index (χ0) is 15.5. The first kappa shape index (κ1) is 18.9. The van der Waals surface area contributed by atoms with Gasteiger partial charge in [0.2, 0.25) is 0 Å². The monoisotopic (exact) mass is 300 g/mol. The number of methoxy groups -OCH3 is 1. The van der Waals surface area contributed by atoms with Crippen molar-refractivity contribution in [1.82, 2.24) is 0 Å². The summed E-state index contributed by atoms with van der Waals surface area (Å²) in [7, 11) is 1.30. The van der Waals surface area contributed by atoms with Gasteiger partial charge in [-0.1, -0.05) is 23.3 Å². The number of alkyl halides is 1. The molecule has 114 valence electrons. The van der Waals surface area contributed by atoms with Crippen LogP contribution >= 0.6 is 11.6 Å². The first-order valence-electron chi connectivity index (χ1n) is 6.90. The van der Waals surface area contributed by atoms with Gasteiger partial charge >= 0.3 is 5.97 Å². The lowest BCUT2D eigenvalue weighted by Crippen LogP contribution is -2.22. The minimum absolute atomic E-state index is 0.0668. The van der Waals surface area contributed by atoms with Gasteiger partial charge in [0, 0.05) is 12.3 Å². The summed E-state index contributed by atoms with van der Waals surface area (Å²) in [6, 6.07) is 0. The second kappa shape index (κ2) is 10.7. The highest BCUT2D eigenvalue weighted by atomic mass is 35.5. The maximum Gasteiger partial charge on any atom is 0.315 e. The molecule has 0 aromatic rings. The van der Waals surface area contributed by atoms with Crippen LogP contribution in [-0.4, -0.2) is 24.7 Å². The number of Topliss-reactive ketones (excluding diaryl/α,β-unsaturated/α-hetero) is 1. The summed E-state index contributed by atoms with van der Waals surface area (Å²) in [5, 5.41) is 0. The topological polar surface area (TPSA) is 43.4 Å². The van der Waals surface area contributed by atoms with Crippen molar-refractivity contribution >= 4 is 23.4 Å². The second-order valence-electron chi connectivity index (χ2n) is 5.01. The number of ether oxygens (including phenoxy) is 1. The number of halogens is 1. The molecule has 0 N–H and O–H groups in total. The van der Waals surface area contributed by atoms with E-state index in [0.29, 0.717) is 18.7 Å². The molecule has 3 nitrogen and oxygen atoms in total. The third kappa shape index (κ3) is 8.16. The third-order valence-electron chi connectivity index (χ3n) is 3.26. The quantitative estimate of drug-likeness (QED) is 0.279. The summed E-state index contributed by atoms with van der Waals surface area (Å²) in [5.41, 5.74) is 2.45. The minimum Gasteiger partial charge on any atom is -0.468 e. The molecular formula is C16H25ClO3. The minimum atomic E-state index is -0.665. The van der Waals surface area contributed by atoms with Gasteiger partial charge in [-0.25, -0.2) is 0 Å². The van der Waals surface area contributed by atoms with Crippen LogP contribution in [0, 0.1) is 5.92 Å². The zero-order valence-electron chi connectivity index (χ0n) is 12.9. The highest BCUT2D eigenvalue weighted by Gasteiger charge is 2.21.